The highest BCUT2D eigenvalue weighted by molar-refractivity contribution is 5.37. The van der Waals surface area contributed by atoms with Crippen LogP contribution in [0.2, 0.25) is 0 Å². The molecule has 0 heterocycles. The Morgan fingerprint density at radius 3 is 2.69 bits per heavy atom. The smallest absolute Gasteiger partial charge is 0.152 e. The lowest BCUT2D eigenvalue weighted by Crippen LogP contribution is -2.15. The maximum Gasteiger partial charge on any atom is 0.152 e. The van der Waals surface area contributed by atoms with Gasteiger partial charge in [-0.1, -0.05) is 18.2 Å². The molecule has 0 spiro atoms. The number of aliphatic hydroxyl groups excluding tert-OH is 3. The van der Waals surface area contributed by atoms with Crippen LogP contribution in [0.15, 0.2) is 47.0 Å². The van der Waals surface area contributed by atoms with Crippen LogP contribution in [0, 0.1) is 5.92 Å². The summed E-state index contributed by atoms with van der Waals surface area (Å²) in [5.41, 5.74) is 2.04. The Balaban J connectivity index is 2.15. The summed E-state index contributed by atoms with van der Waals surface area (Å²) in [4.78, 5) is 0. The van der Waals surface area contributed by atoms with E-state index in [4.69, 9.17) is 0 Å². The van der Waals surface area contributed by atoms with Gasteiger partial charge in [-0.2, -0.15) is 0 Å². The van der Waals surface area contributed by atoms with Crippen molar-refractivity contribution in [1.29, 1.82) is 0 Å². The first-order valence-electron chi connectivity index (χ1n) is 5.43. The SMILES string of the molecule is CC1=CC(C2C=CC(O)=C(O)C2)=CCC1O. The fourth-order valence-electron chi connectivity index (χ4n) is 2.02. The molecule has 2 rings (SSSR count). The van der Waals surface area contributed by atoms with Gasteiger partial charge in [0.25, 0.3) is 0 Å². The molecule has 0 saturated heterocycles. The second-order valence-electron chi connectivity index (χ2n) is 4.35. The highest BCUT2D eigenvalue weighted by Crippen LogP contribution is 2.31. The van der Waals surface area contributed by atoms with Crippen LogP contribution in [0.4, 0.5) is 0 Å². The summed E-state index contributed by atoms with van der Waals surface area (Å²) in [6, 6.07) is 0. The molecule has 0 aromatic rings. The first-order chi connectivity index (χ1) is 7.58. The van der Waals surface area contributed by atoms with Crippen molar-refractivity contribution in [2.24, 2.45) is 5.92 Å². The van der Waals surface area contributed by atoms with Gasteiger partial charge >= 0.3 is 0 Å². The molecule has 2 aliphatic rings. The van der Waals surface area contributed by atoms with Gasteiger partial charge in [0.05, 0.1) is 6.10 Å². The van der Waals surface area contributed by atoms with Gasteiger partial charge in [-0.05, 0) is 30.6 Å². The third-order valence-corrected chi connectivity index (χ3v) is 3.12. The fourth-order valence-corrected chi connectivity index (χ4v) is 2.02. The van der Waals surface area contributed by atoms with Gasteiger partial charge in [0.15, 0.2) is 5.76 Å². The van der Waals surface area contributed by atoms with Crippen LogP contribution in [0.5, 0.6) is 0 Å². The van der Waals surface area contributed by atoms with Crippen LogP contribution >= 0.6 is 0 Å². The normalized spacial score (nSPS) is 30.1. The molecule has 3 heteroatoms. The summed E-state index contributed by atoms with van der Waals surface area (Å²) in [6.07, 6.45) is 8.02. The minimum Gasteiger partial charge on any atom is -0.508 e. The number of rotatable bonds is 1. The standard InChI is InChI=1S/C13H16O3/c1-8-6-9(2-4-11(8)14)10-3-5-12(15)13(16)7-10/h2-3,5-6,10-11,14-16H,4,7H2,1H3. The van der Waals surface area contributed by atoms with Gasteiger partial charge in [-0.25, -0.2) is 0 Å². The van der Waals surface area contributed by atoms with E-state index in [2.05, 4.69) is 0 Å². The molecule has 16 heavy (non-hydrogen) atoms. The lowest BCUT2D eigenvalue weighted by Gasteiger charge is -2.23. The highest BCUT2D eigenvalue weighted by atomic mass is 16.3. The van der Waals surface area contributed by atoms with Gasteiger partial charge < -0.3 is 15.3 Å². The van der Waals surface area contributed by atoms with Gasteiger partial charge in [0.2, 0.25) is 0 Å². The van der Waals surface area contributed by atoms with Crippen LogP contribution < -0.4 is 0 Å². The van der Waals surface area contributed by atoms with Crippen molar-refractivity contribution < 1.29 is 15.3 Å². The maximum atomic E-state index is 9.56. The molecule has 2 unspecified atom stereocenters. The molecule has 0 aromatic carbocycles. The zero-order valence-corrected chi connectivity index (χ0v) is 9.22. The molecule has 0 radical (unpaired) electrons. The van der Waals surface area contributed by atoms with Crippen molar-refractivity contribution >= 4 is 0 Å². The van der Waals surface area contributed by atoms with Gasteiger partial charge in [-0.15, -0.1) is 0 Å². The Hall–Kier alpha value is -1.48. The Morgan fingerprint density at radius 2 is 2.06 bits per heavy atom. The molecule has 0 amide bonds. The molecule has 2 atom stereocenters. The van der Waals surface area contributed by atoms with E-state index in [9.17, 15) is 15.3 Å². The summed E-state index contributed by atoms with van der Waals surface area (Å²) >= 11 is 0. The molecular formula is C13H16O3. The van der Waals surface area contributed by atoms with Crippen LogP contribution in [0.25, 0.3) is 0 Å². The van der Waals surface area contributed by atoms with E-state index in [0.29, 0.717) is 12.8 Å². The van der Waals surface area contributed by atoms with Crippen LogP contribution in [0.3, 0.4) is 0 Å². The second kappa shape index (κ2) is 4.18. The Kier molecular flexibility index (Phi) is 2.88. The van der Waals surface area contributed by atoms with Crippen LogP contribution in [0.1, 0.15) is 19.8 Å². The summed E-state index contributed by atoms with van der Waals surface area (Å²) < 4.78 is 0. The molecular weight excluding hydrogens is 204 g/mol. The number of aliphatic hydroxyl groups is 3. The average Bonchev–Trinajstić information content (AvgIpc) is 2.26. The Labute approximate surface area is 94.7 Å². The van der Waals surface area contributed by atoms with Crippen molar-refractivity contribution in [1.82, 2.24) is 0 Å². The Bertz CT molecular complexity index is 413. The summed E-state index contributed by atoms with van der Waals surface area (Å²) in [5.74, 6) is 0.0809. The lowest BCUT2D eigenvalue weighted by molar-refractivity contribution is 0.212. The monoisotopic (exact) mass is 220 g/mol. The third-order valence-electron chi connectivity index (χ3n) is 3.12. The van der Waals surface area contributed by atoms with E-state index in [0.717, 1.165) is 11.1 Å². The first kappa shape index (κ1) is 11.0. The quantitative estimate of drug-likeness (QED) is 0.636. The zero-order chi connectivity index (χ0) is 11.7. The van der Waals surface area contributed by atoms with Crippen molar-refractivity contribution in [2.45, 2.75) is 25.9 Å². The molecule has 3 N–H and O–H groups in total. The minimum absolute atomic E-state index is 0.0329. The average molecular weight is 220 g/mol. The largest absolute Gasteiger partial charge is 0.508 e. The third kappa shape index (κ3) is 2.04. The Morgan fingerprint density at radius 1 is 1.31 bits per heavy atom. The maximum absolute atomic E-state index is 9.56. The molecule has 3 nitrogen and oxygen atoms in total. The predicted molar refractivity (Wildman–Crippen MR) is 62.0 cm³/mol. The van der Waals surface area contributed by atoms with Gasteiger partial charge in [0.1, 0.15) is 5.76 Å². The molecule has 86 valence electrons. The minimum atomic E-state index is -0.381. The van der Waals surface area contributed by atoms with Crippen LogP contribution in [-0.2, 0) is 0 Å². The predicted octanol–water partition coefficient (Wildman–Crippen LogP) is 2.53. The lowest BCUT2D eigenvalue weighted by atomic mass is 9.85. The van der Waals surface area contributed by atoms with Crippen molar-refractivity contribution in [3.8, 4) is 0 Å². The van der Waals surface area contributed by atoms with Crippen LogP contribution in [-0.4, -0.2) is 21.4 Å². The number of hydrogen-bond donors (Lipinski definition) is 3. The van der Waals surface area contributed by atoms with Gasteiger partial charge in [0, 0.05) is 12.3 Å². The summed E-state index contributed by atoms with van der Waals surface area (Å²) in [6.45, 7) is 1.90. The van der Waals surface area contributed by atoms with E-state index in [1.54, 1.807) is 0 Å². The topological polar surface area (TPSA) is 60.7 Å². The first-order valence-corrected chi connectivity index (χ1v) is 5.43. The number of allylic oxidation sites excluding steroid dienone is 5. The van der Waals surface area contributed by atoms with Gasteiger partial charge in [-0.3, -0.25) is 0 Å². The summed E-state index contributed by atoms with van der Waals surface area (Å²) in [5, 5.41) is 28.3. The zero-order valence-electron chi connectivity index (χ0n) is 9.22. The molecule has 2 aliphatic carbocycles. The molecule has 0 aliphatic heterocycles. The van der Waals surface area contributed by atoms with E-state index < -0.39 is 0 Å². The summed E-state index contributed by atoms with van der Waals surface area (Å²) in [7, 11) is 0. The molecule has 0 saturated carbocycles. The van der Waals surface area contributed by atoms with Crippen molar-refractivity contribution in [3.63, 3.8) is 0 Å². The van der Waals surface area contributed by atoms with Crippen molar-refractivity contribution in [3.05, 3.63) is 47.0 Å². The second-order valence-corrected chi connectivity index (χ2v) is 4.35. The highest BCUT2D eigenvalue weighted by Gasteiger charge is 2.21. The van der Waals surface area contributed by atoms with Crippen molar-refractivity contribution in [2.75, 3.05) is 0 Å². The molecule has 0 fully saturated rings. The molecule has 0 bridgehead atoms. The van der Waals surface area contributed by atoms with E-state index >= 15 is 0 Å². The van der Waals surface area contributed by atoms with E-state index in [-0.39, 0.29) is 23.5 Å². The van der Waals surface area contributed by atoms with E-state index in [1.807, 2.05) is 25.2 Å². The molecule has 0 aromatic heterocycles. The number of hydrogen-bond acceptors (Lipinski definition) is 3. The van der Waals surface area contributed by atoms with E-state index in [1.165, 1.54) is 6.08 Å². The fraction of sp³-hybridized carbons (Fsp3) is 0.385.